The molecule has 1 aliphatic rings. The number of Topliss-reactive ketones (excluding diaryl/α,β-unsaturated/α-hetero) is 2. The van der Waals surface area contributed by atoms with Gasteiger partial charge in [-0.3, -0.25) is 14.4 Å². The van der Waals surface area contributed by atoms with Crippen LogP contribution in [0.2, 0.25) is 0 Å². The average Bonchev–Trinajstić information content (AvgIpc) is 2.70. The van der Waals surface area contributed by atoms with E-state index in [0.717, 1.165) is 12.8 Å². The van der Waals surface area contributed by atoms with Crippen molar-refractivity contribution >= 4 is 17.5 Å². The molecule has 0 saturated heterocycles. The van der Waals surface area contributed by atoms with E-state index in [-0.39, 0.29) is 23.5 Å². The SMILES string of the molecule is COC(=O)CCCCC(=O)CC1CCCC1=O. The summed E-state index contributed by atoms with van der Waals surface area (Å²) in [5.74, 6) is 0.134. The molecule has 0 heterocycles. The molecule has 0 N–H and O–H groups in total. The van der Waals surface area contributed by atoms with Crippen LogP contribution in [0.3, 0.4) is 0 Å². The molecule has 1 aliphatic carbocycles. The molecule has 17 heavy (non-hydrogen) atoms. The van der Waals surface area contributed by atoms with Gasteiger partial charge in [0.1, 0.15) is 11.6 Å². The molecule has 4 nitrogen and oxygen atoms in total. The Kier molecular flexibility index (Phi) is 5.87. The molecular weight excluding hydrogens is 220 g/mol. The number of esters is 1. The summed E-state index contributed by atoms with van der Waals surface area (Å²) in [7, 11) is 1.36. The number of carbonyl (C=O) groups is 3. The van der Waals surface area contributed by atoms with Crippen LogP contribution in [-0.4, -0.2) is 24.6 Å². The van der Waals surface area contributed by atoms with Crippen LogP contribution in [0.25, 0.3) is 0 Å². The van der Waals surface area contributed by atoms with E-state index in [2.05, 4.69) is 4.74 Å². The van der Waals surface area contributed by atoms with Gasteiger partial charge in [-0.15, -0.1) is 0 Å². The van der Waals surface area contributed by atoms with E-state index in [1.807, 2.05) is 0 Å². The Morgan fingerprint density at radius 1 is 1.29 bits per heavy atom. The number of carbonyl (C=O) groups excluding carboxylic acids is 3. The lowest BCUT2D eigenvalue weighted by Gasteiger charge is -2.06. The van der Waals surface area contributed by atoms with Crippen LogP contribution in [0.1, 0.15) is 51.4 Å². The molecule has 1 unspecified atom stereocenters. The minimum atomic E-state index is -0.233. The minimum Gasteiger partial charge on any atom is -0.469 e. The molecule has 0 bridgehead atoms. The molecule has 0 aromatic heterocycles. The number of hydrogen-bond acceptors (Lipinski definition) is 4. The second-order valence-electron chi connectivity index (χ2n) is 4.58. The van der Waals surface area contributed by atoms with Crippen molar-refractivity contribution in [2.24, 2.45) is 5.92 Å². The van der Waals surface area contributed by atoms with Gasteiger partial charge in [0.2, 0.25) is 0 Å². The van der Waals surface area contributed by atoms with Crippen molar-refractivity contribution in [1.82, 2.24) is 0 Å². The summed E-state index contributed by atoms with van der Waals surface area (Å²) in [5, 5.41) is 0. The molecule has 0 aromatic carbocycles. The van der Waals surface area contributed by atoms with Crippen molar-refractivity contribution in [3.8, 4) is 0 Å². The highest BCUT2D eigenvalue weighted by Crippen LogP contribution is 2.25. The van der Waals surface area contributed by atoms with Gasteiger partial charge in [-0.25, -0.2) is 0 Å². The number of methoxy groups -OCH3 is 1. The van der Waals surface area contributed by atoms with Crippen LogP contribution < -0.4 is 0 Å². The molecule has 1 fully saturated rings. The van der Waals surface area contributed by atoms with Gasteiger partial charge in [0.25, 0.3) is 0 Å². The van der Waals surface area contributed by atoms with Gasteiger partial charge in [-0.2, -0.15) is 0 Å². The van der Waals surface area contributed by atoms with Gasteiger partial charge < -0.3 is 4.74 Å². The zero-order valence-electron chi connectivity index (χ0n) is 10.4. The molecule has 1 atom stereocenters. The topological polar surface area (TPSA) is 60.4 Å². The fraction of sp³-hybridized carbons (Fsp3) is 0.769. The zero-order valence-corrected chi connectivity index (χ0v) is 10.4. The molecule has 1 saturated carbocycles. The highest BCUT2D eigenvalue weighted by atomic mass is 16.5. The molecule has 0 spiro atoms. The molecule has 0 aromatic rings. The Morgan fingerprint density at radius 2 is 2.00 bits per heavy atom. The van der Waals surface area contributed by atoms with Gasteiger partial charge in [-0.05, 0) is 25.7 Å². The van der Waals surface area contributed by atoms with Crippen LogP contribution >= 0.6 is 0 Å². The largest absolute Gasteiger partial charge is 0.469 e. The summed E-state index contributed by atoms with van der Waals surface area (Å²) in [6, 6.07) is 0. The molecule has 0 aliphatic heterocycles. The second kappa shape index (κ2) is 7.20. The molecule has 4 heteroatoms. The van der Waals surface area contributed by atoms with Crippen LogP contribution in [0.4, 0.5) is 0 Å². The minimum absolute atomic E-state index is 0.0249. The average molecular weight is 240 g/mol. The Bertz CT molecular complexity index is 296. The summed E-state index contributed by atoms with van der Waals surface area (Å²) < 4.78 is 4.51. The van der Waals surface area contributed by atoms with E-state index in [1.165, 1.54) is 7.11 Å². The fourth-order valence-corrected chi connectivity index (χ4v) is 2.17. The maximum absolute atomic E-state index is 11.6. The lowest BCUT2D eigenvalue weighted by atomic mass is 9.97. The normalized spacial score (nSPS) is 19.4. The standard InChI is InChI=1S/C13H20O4/c1-17-13(16)8-3-2-6-11(14)9-10-5-4-7-12(10)15/h10H,2-9H2,1H3. The Balaban J connectivity index is 2.09. The number of ketones is 2. The number of unbranched alkanes of at least 4 members (excludes halogenated alkanes) is 1. The predicted molar refractivity (Wildman–Crippen MR) is 62.5 cm³/mol. The monoisotopic (exact) mass is 240 g/mol. The lowest BCUT2D eigenvalue weighted by Crippen LogP contribution is -2.12. The van der Waals surface area contributed by atoms with Gasteiger partial charge in [0, 0.05) is 31.6 Å². The van der Waals surface area contributed by atoms with Crippen LogP contribution in [0, 0.1) is 5.92 Å². The first-order chi connectivity index (χ1) is 8.13. The number of rotatable bonds is 7. The van der Waals surface area contributed by atoms with E-state index < -0.39 is 0 Å². The van der Waals surface area contributed by atoms with Gasteiger partial charge in [0.15, 0.2) is 0 Å². The Morgan fingerprint density at radius 3 is 2.59 bits per heavy atom. The van der Waals surface area contributed by atoms with Crippen molar-refractivity contribution in [2.75, 3.05) is 7.11 Å². The van der Waals surface area contributed by atoms with Crippen molar-refractivity contribution in [1.29, 1.82) is 0 Å². The van der Waals surface area contributed by atoms with Crippen molar-refractivity contribution in [3.63, 3.8) is 0 Å². The van der Waals surface area contributed by atoms with E-state index in [0.29, 0.717) is 38.5 Å². The highest BCUT2D eigenvalue weighted by molar-refractivity contribution is 5.89. The summed E-state index contributed by atoms with van der Waals surface area (Å²) in [6.45, 7) is 0. The van der Waals surface area contributed by atoms with E-state index in [1.54, 1.807) is 0 Å². The smallest absolute Gasteiger partial charge is 0.305 e. The summed E-state index contributed by atoms with van der Waals surface area (Å²) in [6.07, 6.45) is 5.06. The Labute approximate surface area is 102 Å². The van der Waals surface area contributed by atoms with Gasteiger partial charge >= 0.3 is 5.97 Å². The molecular formula is C13H20O4. The van der Waals surface area contributed by atoms with Gasteiger partial charge in [-0.1, -0.05) is 0 Å². The highest BCUT2D eigenvalue weighted by Gasteiger charge is 2.26. The van der Waals surface area contributed by atoms with Crippen molar-refractivity contribution < 1.29 is 19.1 Å². The van der Waals surface area contributed by atoms with Crippen LogP contribution in [0.5, 0.6) is 0 Å². The molecule has 0 radical (unpaired) electrons. The number of ether oxygens (including phenoxy) is 1. The third-order valence-corrected chi connectivity index (χ3v) is 3.22. The first-order valence-corrected chi connectivity index (χ1v) is 6.24. The fourth-order valence-electron chi connectivity index (χ4n) is 2.17. The van der Waals surface area contributed by atoms with E-state index in [4.69, 9.17) is 0 Å². The molecule has 96 valence electrons. The zero-order chi connectivity index (χ0) is 12.7. The van der Waals surface area contributed by atoms with E-state index in [9.17, 15) is 14.4 Å². The first kappa shape index (κ1) is 13.9. The number of hydrogen-bond donors (Lipinski definition) is 0. The lowest BCUT2D eigenvalue weighted by molar-refractivity contribution is -0.140. The van der Waals surface area contributed by atoms with Crippen molar-refractivity contribution in [3.05, 3.63) is 0 Å². The second-order valence-corrected chi connectivity index (χ2v) is 4.58. The third kappa shape index (κ3) is 5.11. The predicted octanol–water partition coefficient (Wildman–Crippen LogP) is 2.05. The summed E-state index contributed by atoms with van der Waals surface area (Å²) >= 11 is 0. The summed E-state index contributed by atoms with van der Waals surface area (Å²) in [5.41, 5.74) is 0. The third-order valence-electron chi connectivity index (χ3n) is 3.22. The first-order valence-electron chi connectivity index (χ1n) is 6.24. The summed E-state index contributed by atoms with van der Waals surface area (Å²) in [4.78, 5) is 33.8. The van der Waals surface area contributed by atoms with Crippen LogP contribution in [-0.2, 0) is 19.1 Å². The maximum Gasteiger partial charge on any atom is 0.305 e. The molecule has 1 rings (SSSR count). The van der Waals surface area contributed by atoms with Crippen molar-refractivity contribution in [2.45, 2.75) is 51.4 Å². The van der Waals surface area contributed by atoms with E-state index >= 15 is 0 Å². The maximum atomic E-state index is 11.6. The van der Waals surface area contributed by atoms with Gasteiger partial charge in [0.05, 0.1) is 7.11 Å². The molecule has 0 amide bonds. The van der Waals surface area contributed by atoms with Crippen LogP contribution in [0.15, 0.2) is 0 Å². The quantitative estimate of drug-likeness (QED) is 0.504. The Hall–Kier alpha value is -1.19.